The predicted molar refractivity (Wildman–Crippen MR) is 122 cm³/mol. The van der Waals surface area contributed by atoms with Gasteiger partial charge in [-0.3, -0.25) is 19.2 Å². The Morgan fingerprint density at radius 2 is 1.41 bits per heavy atom. The molecule has 4 atom stereocenters. The highest BCUT2D eigenvalue weighted by Crippen LogP contribution is 2.06. The zero-order chi connectivity index (χ0) is 25.8. The molecular formula is C22H33N5O7. The number of amides is 4. The maximum atomic E-state index is 12.9. The van der Waals surface area contributed by atoms with Crippen molar-refractivity contribution in [1.82, 2.24) is 16.0 Å². The fraction of sp³-hybridized carbons (Fsp3) is 0.500. The third-order valence-electron chi connectivity index (χ3n) is 5.05. The van der Waals surface area contributed by atoms with E-state index >= 15 is 0 Å². The highest BCUT2D eigenvalue weighted by molar-refractivity contribution is 5.94. The minimum absolute atomic E-state index is 0.0827. The molecule has 1 rings (SSSR count). The summed E-state index contributed by atoms with van der Waals surface area (Å²) in [4.78, 5) is 60.2. The molecule has 1 aromatic rings. The number of nitrogens with one attached hydrogen (secondary N) is 3. The SMILES string of the molecule is CC(C)[C@H](N)C(=O)N[C@@H](Cc1ccccc1)C(=O)N[C@@H](CO)C(=O)N[C@@H](CCC(N)=O)C(=O)O. The average molecular weight is 480 g/mol. The van der Waals surface area contributed by atoms with Crippen LogP contribution >= 0.6 is 0 Å². The first-order chi connectivity index (χ1) is 16.0. The van der Waals surface area contributed by atoms with Gasteiger partial charge < -0.3 is 37.6 Å². The quantitative estimate of drug-likeness (QED) is 0.158. The normalized spacial score (nSPS) is 14.4. The van der Waals surface area contributed by atoms with E-state index in [1.807, 2.05) is 0 Å². The molecule has 0 fully saturated rings. The first-order valence-electron chi connectivity index (χ1n) is 10.8. The number of carboxylic acids is 1. The Kier molecular flexibility index (Phi) is 11.7. The Labute approximate surface area is 197 Å². The summed E-state index contributed by atoms with van der Waals surface area (Å²) in [5.74, 6) is -4.65. The van der Waals surface area contributed by atoms with Crippen molar-refractivity contribution in [3.63, 3.8) is 0 Å². The van der Waals surface area contributed by atoms with E-state index < -0.39 is 60.4 Å². The number of hydrogen-bond donors (Lipinski definition) is 7. The largest absolute Gasteiger partial charge is 0.480 e. The van der Waals surface area contributed by atoms with Crippen LogP contribution in [0.5, 0.6) is 0 Å². The summed E-state index contributed by atoms with van der Waals surface area (Å²) < 4.78 is 0. The predicted octanol–water partition coefficient (Wildman–Crippen LogP) is -1.99. The molecular weight excluding hydrogens is 446 g/mol. The van der Waals surface area contributed by atoms with Gasteiger partial charge >= 0.3 is 5.97 Å². The highest BCUT2D eigenvalue weighted by Gasteiger charge is 2.30. The molecule has 0 saturated heterocycles. The Morgan fingerprint density at radius 1 is 0.882 bits per heavy atom. The van der Waals surface area contributed by atoms with Crippen LogP contribution in [0.2, 0.25) is 0 Å². The fourth-order valence-electron chi connectivity index (χ4n) is 2.91. The van der Waals surface area contributed by atoms with E-state index in [2.05, 4.69) is 16.0 Å². The van der Waals surface area contributed by atoms with Crippen LogP contribution in [0, 0.1) is 5.92 Å². The number of aliphatic carboxylic acids is 1. The number of carbonyl (C=O) groups excluding carboxylic acids is 4. The van der Waals surface area contributed by atoms with E-state index in [9.17, 15) is 34.2 Å². The van der Waals surface area contributed by atoms with Crippen molar-refractivity contribution in [3.05, 3.63) is 35.9 Å². The second-order valence-corrected chi connectivity index (χ2v) is 8.17. The number of aliphatic hydroxyl groups excluding tert-OH is 1. The maximum Gasteiger partial charge on any atom is 0.326 e. The lowest BCUT2D eigenvalue weighted by atomic mass is 10.0. The van der Waals surface area contributed by atoms with Crippen LogP contribution in [0.25, 0.3) is 0 Å². The van der Waals surface area contributed by atoms with Crippen LogP contribution in [0.1, 0.15) is 32.3 Å². The standard InChI is InChI=1S/C22H33N5O7/c1-12(2)18(24)21(32)26-15(10-13-6-4-3-5-7-13)19(30)27-16(11-28)20(31)25-14(22(33)34)8-9-17(23)29/h3-7,12,14-16,18,28H,8-11,24H2,1-2H3,(H2,23,29)(H,25,31)(H,26,32)(H,27,30)(H,33,34)/t14-,15-,16-,18-/m0/s1. The van der Waals surface area contributed by atoms with Crippen LogP contribution in [-0.4, -0.2) is 70.6 Å². The molecule has 0 aliphatic rings. The number of carboxylic acid groups (broad SMARTS) is 1. The molecule has 4 amide bonds. The number of aliphatic hydroxyl groups is 1. The molecule has 0 spiro atoms. The van der Waals surface area contributed by atoms with E-state index in [1.54, 1.807) is 44.2 Å². The Bertz CT molecular complexity index is 862. The van der Waals surface area contributed by atoms with Crippen LogP contribution in [0.4, 0.5) is 0 Å². The molecule has 34 heavy (non-hydrogen) atoms. The minimum Gasteiger partial charge on any atom is -0.480 e. The van der Waals surface area contributed by atoms with Gasteiger partial charge in [0.25, 0.3) is 0 Å². The van der Waals surface area contributed by atoms with Crippen LogP contribution in [-0.2, 0) is 30.4 Å². The van der Waals surface area contributed by atoms with E-state index in [0.717, 1.165) is 5.56 Å². The molecule has 1 aromatic carbocycles. The van der Waals surface area contributed by atoms with E-state index in [-0.39, 0.29) is 25.2 Å². The first kappa shape index (κ1) is 28.5. The van der Waals surface area contributed by atoms with Crippen molar-refractivity contribution in [2.75, 3.05) is 6.61 Å². The number of nitrogens with two attached hydrogens (primary N) is 2. The Hall–Kier alpha value is -3.51. The van der Waals surface area contributed by atoms with Gasteiger partial charge in [-0.1, -0.05) is 44.2 Å². The van der Waals surface area contributed by atoms with Gasteiger partial charge in [-0.05, 0) is 17.9 Å². The molecule has 0 aromatic heterocycles. The average Bonchev–Trinajstić information content (AvgIpc) is 2.78. The summed E-state index contributed by atoms with van der Waals surface area (Å²) >= 11 is 0. The van der Waals surface area contributed by atoms with Crippen molar-refractivity contribution >= 4 is 29.6 Å². The zero-order valence-corrected chi connectivity index (χ0v) is 19.2. The van der Waals surface area contributed by atoms with Crippen molar-refractivity contribution in [3.8, 4) is 0 Å². The lowest BCUT2D eigenvalue weighted by Crippen LogP contribution is -2.59. The summed E-state index contributed by atoms with van der Waals surface area (Å²) in [5.41, 5.74) is 11.6. The molecule has 0 bridgehead atoms. The Morgan fingerprint density at radius 3 is 1.91 bits per heavy atom. The summed E-state index contributed by atoms with van der Waals surface area (Å²) in [6.45, 7) is 2.66. The number of rotatable bonds is 14. The summed E-state index contributed by atoms with van der Waals surface area (Å²) in [6.07, 6.45) is -0.462. The Balaban J connectivity index is 2.97. The number of hydrogen-bond acceptors (Lipinski definition) is 7. The van der Waals surface area contributed by atoms with E-state index in [4.69, 9.17) is 11.5 Å². The smallest absolute Gasteiger partial charge is 0.326 e. The molecule has 0 unspecified atom stereocenters. The lowest BCUT2D eigenvalue weighted by molar-refractivity contribution is -0.143. The molecule has 0 aliphatic carbocycles. The molecule has 188 valence electrons. The van der Waals surface area contributed by atoms with Gasteiger partial charge in [0.05, 0.1) is 12.6 Å². The second kappa shape index (κ2) is 13.9. The molecule has 0 aliphatic heterocycles. The van der Waals surface area contributed by atoms with Crippen molar-refractivity contribution in [1.29, 1.82) is 0 Å². The number of benzene rings is 1. The summed E-state index contributed by atoms with van der Waals surface area (Å²) in [5, 5.41) is 25.9. The molecule has 9 N–H and O–H groups in total. The third-order valence-corrected chi connectivity index (χ3v) is 5.05. The van der Waals surface area contributed by atoms with Gasteiger partial charge in [0.1, 0.15) is 18.1 Å². The van der Waals surface area contributed by atoms with Gasteiger partial charge in [0, 0.05) is 12.8 Å². The fourth-order valence-corrected chi connectivity index (χ4v) is 2.91. The molecule has 0 saturated carbocycles. The van der Waals surface area contributed by atoms with Gasteiger partial charge in [0.15, 0.2) is 0 Å². The second-order valence-electron chi connectivity index (χ2n) is 8.17. The number of carbonyl (C=O) groups is 5. The molecule has 12 heteroatoms. The first-order valence-corrected chi connectivity index (χ1v) is 10.8. The van der Waals surface area contributed by atoms with Crippen molar-refractivity contribution < 1.29 is 34.2 Å². The topological polar surface area (TPSA) is 214 Å². The summed E-state index contributed by atoms with van der Waals surface area (Å²) in [7, 11) is 0. The third kappa shape index (κ3) is 9.55. The van der Waals surface area contributed by atoms with Crippen LogP contribution in [0.3, 0.4) is 0 Å². The molecule has 0 radical (unpaired) electrons. The molecule has 12 nitrogen and oxygen atoms in total. The number of primary amides is 1. The van der Waals surface area contributed by atoms with Crippen LogP contribution < -0.4 is 27.4 Å². The van der Waals surface area contributed by atoms with Gasteiger partial charge in [-0.2, -0.15) is 0 Å². The van der Waals surface area contributed by atoms with Crippen molar-refractivity contribution in [2.45, 2.75) is 57.3 Å². The monoisotopic (exact) mass is 479 g/mol. The highest BCUT2D eigenvalue weighted by atomic mass is 16.4. The minimum atomic E-state index is -1.50. The lowest BCUT2D eigenvalue weighted by Gasteiger charge is -2.25. The van der Waals surface area contributed by atoms with Gasteiger partial charge in [-0.25, -0.2) is 4.79 Å². The molecule has 0 heterocycles. The zero-order valence-electron chi connectivity index (χ0n) is 19.2. The summed E-state index contributed by atoms with van der Waals surface area (Å²) in [6, 6.07) is 3.86. The van der Waals surface area contributed by atoms with Crippen molar-refractivity contribution in [2.24, 2.45) is 17.4 Å². The van der Waals surface area contributed by atoms with Gasteiger partial charge in [-0.15, -0.1) is 0 Å². The van der Waals surface area contributed by atoms with Crippen LogP contribution in [0.15, 0.2) is 30.3 Å². The van der Waals surface area contributed by atoms with E-state index in [0.29, 0.717) is 0 Å². The van der Waals surface area contributed by atoms with Gasteiger partial charge in [0.2, 0.25) is 23.6 Å². The van der Waals surface area contributed by atoms with E-state index in [1.165, 1.54) is 0 Å². The maximum absolute atomic E-state index is 12.9.